The Bertz CT molecular complexity index is 947. The molecule has 1 amide bonds. The zero-order valence-electron chi connectivity index (χ0n) is 13.4. The van der Waals surface area contributed by atoms with Gasteiger partial charge in [0.1, 0.15) is 5.75 Å². The second-order valence-electron chi connectivity index (χ2n) is 5.17. The standard InChI is InChI=1S/C18H14ClN3O2S/c1-2-22(18-21-15-9-13(19)5-8-16(15)25-18)17(23)11-24-14-6-3-12(10-20)4-7-14/h3-9H,2,11H2,1H3. The fourth-order valence-electron chi connectivity index (χ4n) is 2.27. The van der Waals surface area contributed by atoms with Crippen molar-refractivity contribution in [1.82, 2.24) is 4.98 Å². The van der Waals surface area contributed by atoms with Crippen molar-refractivity contribution in [2.45, 2.75) is 6.92 Å². The van der Waals surface area contributed by atoms with E-state index in [1.807, 2.05) is 19.1 Å². The minimum absolute atomic E-state index is 0.101. The molecule has 0 spiro atoms. The molecular weight excluding hydrogens is 358 g/mol. The Morgan fingerprint density at radius 1 is 1.32 bits per heavy atom. The van der Waals surface area contributed by atoms with E-state index in [1.165, 1.54) is 11.3 Å². The molecule has 25 heavy (non-hydrogen) atoms. The molecule has 0 bridgehead atoms. The van der Waals surface area contributed by atoms with Gasteiger partial charge in [-0.1, -0.05) is 22.9 Å². The number of aromatic nitrogens is 1. The number of likely N-dealkylation sites (N-methyl/N-ethyl adjacent to an activating group) is 1. The molecule has 1 heterocycles. The Morgan fingerprint density at radius 3 is 2.76 bits per heavy atom. The second kappa shape index (κ2) is 7.51. The first kappa shape index (κ1) is 17.2. The van der Waals surface area contributed by atoms with Gasteiger partial charge in [-0.05, 0) is 49.4 Å². The van der Waals surface area contributed by atoms with Crippen molar-refractivity contribution in [2.75, 3.05) is 18.1 Å². The van der Waals surface area contributed by atoms with E-state index in [4.69, 9.17) is 21.6 Å². The number of hydrogen-bond donors (Lipinski definition) is 0. The molecule has 0 atom stereocenters. The van der Waals surface area contributed by atoms with Crippen LogP contribution in [0.4, 0.5) is 5.13 Å². The Kier molecular flexibility index (Phi) is 5.17. The van der Waals surface area contributed by atoms with Crippen LogP contribution < -0.4 is 9.64 Å². The Hall–Kier alpha value is -2.62. The van der Waals surface area contributed by atoms with Gasteiger partial charge < -0.3 is 4.74 Å². The number of amides is 1. The molecule has 126 valence electrons. The maximum Gasteiger partial charge on any atom is 0.266 e. The summed E-state index contributed by atoms with van der Waals surface area (Å²) in [7, 11) is 0. The average molecular weight is 372 g/mol. The van der Waals surface area contributed by atoms with E-state index in [0.717, 1.165) is 10.2 Å². The highest BCUT2D eigenvalue weighted by atomic mass is 35.5. The van der Waals surface area contributed by atoms with Crippen LogP contribution in [0.1, 0.15) is 12.5 Å². The molecule has 0 aliphatic carbocycles. The van der Waals surface area contributed by atoms with Crippen LogP contribution in [0, 0.1) is 11.3 Å². The van der Waals surface area contributed by atoms with Crippen molar-refractivity contribution in [3.63, 3.8) is 0 Å². The summed E-state index contributed by atoms with van der Waals surface area (Å²) >= 11 is 7.42. The number of nitriles is 1. The van der Waals surface area contributed by atoms with E-state index in [2.05, 4.69) is 4.98 Å². The number of carbonyl (C=O) groups is 1. The summed E-state index contributed by atoms with van der Waals surface area (Å²) in [6, 6.07) is 14.1. The number of rotatable bonds is 5. The molecule has 0 aliphatic heterocycles. The summed E-state index contributed by atoms with van der Waals surface area (Å²) in [4.78, 5) is 18.6. The van der Waals surface area contributed by atoms with Crippen LogP contribution in [-0.4, -0.2) is 24.0 Å². The molecule has 3 rings (SSSR count). The molecule has 0 saturated carbocycles. The monoisotopic (exact) mass is 371 g/mol. The van der Waals surface area contributed by atoms with Crippen LogP contribution in [0.2, 0.25) is 5.02 Å². The quantitative estimate of drug-likeness (QED) is 0.672. The molecule has 5 nitrogen and oxygen atoms in total. The van der Waals surface area contributed by atoms with Gasteiger partial charge in [0.25, 0.3) is 5.91 Å². The highest BCUT2D eigenvalue weighted by Crippen LogP contribution is 2.30. The third-order valence-electron chi connectivity index (χ3n) is 3.53. The third-order valence-corrected chi connectivity index (χ3v) is 4.83. The van der Waals surface area contributed by atoms with Crippen molar-refractivity contribution in [3.05, 3.63) is 53.1 Å². The molecule has 2 aromatic carbocycles. The lowest BCUT2D eigenvalue weighted by molar-refractivity contribution is -0.120. The minimum Gasteiger partial charge on any atom is -0.484 e. The molecule has 7 heteroatoms. The molecule has 1 aromatic heterocycles. The van der Waals surface area contributed by atoms with E-state index in [9.17, 15) is 4.79 Å². The van der Waals surface area contributed by atoms with Gasteiger partial charge in [0.2, 0.25) is 0 Å². The summed E-state index contributed by atoms with van der Waals surface area (Å²) in [6.07, 6.45) is 0. The van der Waals surface area contributed by atoms with E-state index in [0.29, 0.717) is 28.0 Å². The molecule has 0 aliphatic rings. The normalized spacial score (nSPS) is 10.4. The fourth-order valence-corrected chi connectivity index (χ4v) is 3.46. The smallest absolute Gasteiger partial charge is 0.266 e. The van der Waals surface area contributed by atoms with Crippen LogP contribution in [0.5, 0.6) is 5.75 Å². The summed E-state index contributed by atoms with van der Waals surface area (Å²) in [6.45, 7) is 2.28. The van der Waals surface area contributed by atoms with Gasteiger partial charge in [-0.2, -0.15) is 5.26 Å². The van der Waals surface area contributed by atoms with Crippen LogP contribution in [-0.2, 0) is 4.79 Å². The number of nitrogens with zero attached hydrogens (tertiary/aromatic N) is 3. The fraction of sp³-hybridized carbons (Fsp3) is 0.167. The number of hydrogen-bond acceptors (Lipinski definition) is 5. The topological polar surface area (TPSA) is 66.2 Å². The summed E-state index contributed by atoms with van der Waals surface area (Å²) in [5.41, 5.74) is 1.31. The average Bonchev–Trinajstić information content (AvgIpc) is 3.03. The predicted octanol–water partition coefficient (Wildman–Crippen LogP) is 4.25. The van der Waals surface area contributed by atoms with Gasteiger partial charge in [0, 0.05) is 11.6 Å². The maximum atomic E-state index is 12.5. The van der Waals surface area contributed by atoms with Gasteiger partial charge in [0.15, 0.2) is 11.7 Å². The zero-order chi connectivity index (χ0) is 17.8. The molecular formula is C18H14ClN3O2S. The summed E-state index contributed by atoms with van der Waals surface area (Å²) < 4.78 is 6.49. The number of thiazole rings is 1. The third kappa shape index (κ3) is 3.90. The molecule has 0 radical (unpaired) electrons. The first-order valence-corrected chi connectivity index (χ1v) is 8.79. The van der Waals surface area contributed by atoms with E-state index in [1.54, 1.807) is 41.3 Å². The van der Waals surface area contributed by atoms with E-state index < -0.39 is 0 Å². The van der Waals surface area contributed by atoms with Gasteiger partial charge in [-0.3, -0.25) is 9.69 Å². The summed E-state index contributed by atoms with van der Waals surface area (Å²) in [5, 5.41) is 10.0. The first-order valence-electron chi connectivity index (χ1n) is 7.60. The first-order chi connectivity index (χ1) is 12.1. The lowest BCUT2D eigenvalue weighted by atomic mass is 10.2. The van der Waals surface area contributed by atoms with Crippen molar-refractivity contribution >= 4 is 44.2 Å². The van der Waals surface area contributed by atoms with Crippen LogP contribution in [0.3, 0.4) is 0 Å². The van der Waals surface area contributed by atoms with Crippen LogP contribution in [0.25, 0.3) is 10.2 Å². The lowest BCUT2D eigenvalue weighted by Crippen LogP contribution is -2.34. The number of fused-ring (bicyclic) bond motifs is 1. The number of benzene rings is 2. The largest absolute Gasteiger partial charge is 0.484 e. The number of ether oxygens (including phenoxy) is 1. The zero-order valence-corrected chi connectivity index (χ0v) is 15.0. The number of anilines is 1. The van der Waals surface area contributed by atoms with Gasteiger partial charge in [-0.25, -0.2) is 4.98 Å². The Balaban J connectivity index is 1.72. The lowest BCUT2D eigenvalue weighted by Gasteiger charge is -2.17. The molecule has 0 fully saturated rings. The molecule has 3 aromatic rings. The molecule has 0 N–H and O–H groups in total. The van der Waals surface area contributed by atoms with E-state index in [-0.39, 0.29) is 12.5 Å². The van der Waals surface area contributed by atoms with Crippen molar-refractivity contribution in [1.29, 1.82) is 5.26 Å². The van der Waals surface area contributed by atoms with Crippen molar-refractivity contribution < 1.29 is 9.53 Å². The van der Waals surface area contributed by atoms with Crippen LogP contribution >= 0.6 is 22.9 Å². The second-order valence-corrected chi connectivity index (χ2v) is 6.62. The van der Waals surface area contributed by atoms with Crippen molar-refractivity contribution in [3.8, 4) is 11.8 Å². The minimum atomic E-state index is -0.183. The van der Waals surface area contributed by atoms with Crippen molar-refractivity contribution in [2.24, 2.45) is 0 Å². The van der Waals surface area contributed by atoms with Gasteiger partial charge in [0.05, 0.1) is 21.8 Å². The molecule has 0 saturated heterocycles. The Labute approximate surface area is 154 Å². The summed E-state index contributed by atoms with van der Waals surface area (Å²) in [5.74, 6) is 0.358. The van der Waals surface area contributed by atoms with Crippen LogP contribution in [0.15, 0.2) is 42.5 Å². The number of halogens is 1. The molecule has 0 unspecified atom stereocenters. The highest BCUT2D eigenvalue weighted by molar-refractivity contribution is 7.22. The maximum absolute atomic E-state index is 12.5. The SMILES string of the molecule is CCN(C(=O)COc1ccc(C#N)cc1)c1nc2cc(Cl)ccc2s1. The van der Waals surface area contributed by atoms with Gasteiger partial charge in [-0.15, -0.1) is 0 Å². The van der Waals surface area contributed by atoms with E-state index >= 15 is 0 Å². The Morgan fingerprint density at radius 2 is 2.08 bits per heavy atom. The predicted molar refractivity (Wildman–Crippen MR) is 99.3 cm³/mol. The van der Waals surface area contributed by atoms with Gasteiger partial charge >= 0.3 is 0 Å². The highest BCUT2D eigenvalue weighted by Gasteiger charge is 2.18. The number of carbonyl (C=O) groups excluding carboxylic acids is 1.